The minimum Gasteiger partial charge on any atom is -0.435 e. The quantitative estimate of drug-likeness (QED) is 0.850. The monoisotopic (exact) mass is 262 g/mol. The molecule has 0 unspecified atom stereocenters. The maximum atomic E-state index is 11.9. The number of hydrogen-bond donors (Lipinski definition) is 0. The highest BCUT2D eigenvalue weighted by molar-refractivity contribution is 7.09. The van der Waals surface area contributed by atoms with Crippen LogP contribution < -0.4 is 4.74 Å². The number of ether oxygens (including phenoxy) is 1. The van der Waals surface area contributed by atoms with Gasteiger partial charge in [0, 0.05) is 5.56 Å². The number of alkyl halides is 2. The summed E-state index contributed by atoms with van der Waals surface area (Å²) in [5.74, 6) is 0.106. The van der Waals surface area contributed by atoms with Crippen LogP contribution in [-0.4, -0.2) is 16.0 Å². The van der Waals surface area contributed by atoms with E-state index in [1.165, 1.54) is 12.1 Å². The molecule has 1 aromatic carbocycles. The Morgan fingerprint density at radius 3 is 2.44 bits per heavy atom. The maximum absolute atomic E-state index is 11.9. The molecule has 0 spiro atoms. The van der Waals surface area contributed by atoms with Crippen molar-refractivity contribution in [3.05, 3.63) is 29.5 Å². The van der Waals surface area contributed by atoms with Crippen LogP contribution in [0.2, 0.25) is 5.28 Å². The lowest BCUT2D eigenvalue weighted by Crippen LogP contribution is -2.01. The SMILES string of the molecule is FC(F)Oc1ccc(-c2nc(Cl)ns2)cc1. The van der Waals surface area contributed by atoms with Crippen molar-refractivity contribution in [3.8, 4) is 16.3 Å². The van der Waals surface area contributed by atoms with Crippen molar-refractivity contribution in [2.45, 2.75) is 6.61 Å². The van der Waals surface area contributed by atoms with Crippen LogP contribution in [0.4, 0.5) is 8.78 Å². The fourth-order valence-corrected chi connectivity index (χ4v) is 1.91. The summed E-state index contributed by atoms with van der Waals surface area (Å²) >= 11 is 6.72. The van der Waals surface area contributed by atoms with Gasteiger partial charge in [-0.25, -0.2) is 4.98 Å². The summed E-state index contributed by atoms with van der Waals surface area (Å²) < 4.78 is 31.8. The van der Waals surface area contributed by atoms with Crippen LogP contribution in [0, 0.1) is 0 Å². The lowest BCUT2D eigenvalue weighted by Gasteiger charge is -2.03. The molecule has 0 radical (unpaired) electrons. The van der Waals surface area contributed by atoms with Gasteiger partial charge in [-0.1, -0.05) is 0 Å². The largest absolute Gasteiger partial charge is 0.435 e. The van der Waals surface area contributed by atoms with E-state index in [1.54, 1.807) is 12.1 Å². The number of aromatic nitrogens is 2. The van der Waals surface area contributed by atoms with Gasteiger partial charge in [0.25, 0.3) is 0 Å². The number of rotatable bonds is 3. The molecule has 2 aromatic rings. The zero-order valence-electron chi connectivity index (χ0n) is 7.73. The van der Waals surface area contributed by atoms with Crippen molar-refractivity contribution < 1.29 is 13.5 Å². The summed E-state index contributed by atoms with van der Waals surface area (Å²) in [5.41, 5.74) is 0.756. The average molecular weight is 263 g/mol. The molecule has 7 heteroatoms. The van der Waals surface area contributed by atoms with E-state index in [0.29, 0.717) is 5.01 Å². The molecule has 0 fully saturated rings. The lowest BCUT2D eigenvalue weighted by molar-refractivity contribution is -0.0498. The molecular formula is C9H5ClF2N2OS. The molecule has 0 amide bonds. The molecule has 0 atom stereocenters. The third-order valence-electron chi connectivity index (χ3n) is 1.73. The van der Waals surface area contributed by atoms with Crippen LogP contribution >= 0.6 is 23.1 Å². The number of hydrogen-bond acceptors (Lipinski definition) is 4. The van der Waals surface area contributed by atoms with Crippen LogP contribution in [0.15, 0.2) is 24.3 Å². The molecule has 0 saturated carbocycles. The van der Waals surface area contributed by atoms with E-state index in [1.807, 2.05) is 0 Å². The molecule has 2 rings (SSSR count). The fourth-order valence-electron chi connectivity index (χ4n) is 1.10. The van der Waals surface area contributed by atoms with Gasteiger partial charge >= 0.3 is 6.61 Å². The van der Waals surface area contributed by atoms with Gasteiger partial charge in [-0.3, -0.25) is 0 Å². The van der Waals surface area contributed by atoms with Crippen molar-refractivity contribution >= 4 is 23.1 Å². The Bertz CT molecular complexity index is 475. The van der Waals surface area contributed by atoms with E-state index in [4.69, 9.17) is 11.6 Å². The molecule has 0 saturated heterocycles. The molecule has 1 aromatic heterocycles. The van der Waals surface area contributed by atoms with E-state index < -0.39 is 6.61 Å². The van der Waals surface area contributed by atoms with Crippen LogP contribution in [0.25, 0.3) is 10.6 Å². The van der Waals surface area contributed by atoms with Crippen LogP contribution in [0.1, 0.15) is 0 Å². The smallest absolute Gasteiger partial charge is 0.387 e. The van der Waals surface area contributed by atoms with Gasteiger partial charge in [0.1, 0.15) is 10.8 Å². The minimum atomic E-state index is -2.82. The van der Waals surface area contributed by atoms with E-state index >= 15 is 0 Å². The lowest BCUT2D eigenvalue weighted by atomic mass is 10.2. The number of halogens is 3. The van der Waals surface area contributed by atoms with E-state index in [2.05, 4.69) is 14.1 Å². The predicted molar refractivity (Wildman–Crippen MR) is 57.0 cm³/mol. The van der Waals surface area contributed by atoms with Crippen molar-refractivity contribution in [1.82, 2.24) is 9.36 Å². The molecule has 16 heavy (non-hydrogen) atoms. The Morgan fingerprint density at radius 2 is 1.94 bits per heavy atom. The number of benzene rings is 1. The van der Waals surface area contributed by atoms with E-state index in [9.17, 15) is 8.78 Å². The topological polar surface area (TPSA) is 35.0 Å². The Balaban J connectivity index is 2.19. The summed E-state index contributed by atoms with van der Waals surface area (Å²) in [7, 11) is 0. The first kappa shape index (κ1) is 11.2. The molecule has 3 nitrogen and oxygen atoms in total. The third-order valence-corrected chi connectivity index (χ3v) is 2.76. The zero-order valence-corrected chi connectivity index (χ0v) is 9.30. The van der Waals surface area contributed by atoms with Gasteiger partial charge in [-0.2, -0.15) is 13.2 Å². The Labute approximate surface area is 98.8 Å². The van der Waals surface area contributed by atoms with Crippen molar-refractivity contribution in [2.75, 3.05) is 0 Å². The first-order valence-electron chi connectivity index (χ1n) is 4.19. The molecular weight excluding hydrogens is 258 g/mol. The highest BCUT2D eigenvalue weighted by Gasteiger charge is 2.07. The second-order valence-corrected chi connectivity index (χ2v) is 3.86. The van der Waals surface area contributed by atoms with Crippen molar-refractivity contribution in [2.24, 2.45) is 0 Å². The predicted octanol–water partition coefficient (Wildman–Crippen LogP) is 3.46. The molecule has 0 aliphatic rings. The molecule has 0 N–H and O–H groups in total. The van der Waals surface area contributed by atoms with Crippen LogP contribution in [0.3, 0.4) is 0 Å². The molecule has 0 aliphatic carbocycles. The van der Waals surface area contributed by atoms with Crippen molar-refractivity contribution in [1.29, 1.82) is 0 Å². The zero-order chi connectivity index (χ0) is 11.5. The highest BCUT2D eigenvalue weighted by atomic mass is 35.5. The summed E-state index contributed by atoms with van der Waals surface area (Å²) in [6, 6.07) is 6.12. The van der Waals surface area contributed by atoms with E-state index in [-0.39, 0.29) is 11.0 Å². The minimum absolute atomic E-state index is 0.106. The standard InChI is InChI=1S/C9H5ClF2N2OS/c10-8-13-7(16-14-8)5-1-3-6(4-2-5)15-9(11)12/h1-4,9H. The molecule has 1 heterocycles. The highest BCUT2D eigenvalue weighted by Crippen LogP contribution is 2.25. The Kier molecular flexibility index (Phi) is 3.31. The summed E-state index contributed by atoms with van der Waals surface area (Å²) in [6.07, 6.45) is 0. The molecule has 0 bridgehead atoms. The fraction of sp³-hybridized carbons (Fsp3) is 0.111. The van der Waals surface area contributed by atoms with Crippen LogP contribution in [-0.2, 0) is 0 Å². The second-order valence-electron chi connectivity index (χ2n) is 2.77. The Morgan fingerprint density at radius 1 is 1.25 bits per heavy atom. The third kappa shape index (κ3) is 2.65. The number of nitrogens with zero attached hydrogens (tertiary/aromatic N) is 2. The van der Waals surface area contributed by atoms with Gasteiger partial charge < -0.3 is 4.74 Å². The normalized spacial score (nSPS) is 10.8. The first-order valence-corrected chi connectivity index (χ1v) is 5.35. The Hall–Kier alpha value is -1.27. The first-order chi connectivity index (χ1) is 7.65. The summed E-state index contributed by atoms with van der Waals surface area (Å²) in [6.45, 7) is -2.82. The molecule has 84 valence electrons. The average Bonchev–Trinajstić information content (AvgIpc) is 2.65. The second kappa shape index (κ2) is 4.71. The van der Waals surface area contributed by atoms with Gasteiger partial charge in [0.15, 0.2) is 0 Å². The van der Waals surface area contributed by atoms with Crippen LogP contribution in [0.5, 0.6) is 5.75 Å². The van der Waals surface area contributed by atoms with Gasteiger partial charge in [-0.05, 0) is 47.4 Å². The summed E-state index contributed by atoms with van der Waals surface area (Å²) in [5, 5.41) is 0.807. The maximum Gasteiger partial charge on any atom is 0.387 e. The van der Waals surface area contributed by atoms with Gasteiger partial charge in [-0.15, -0.1) is 0 Å². The summed E-state index contributed by atoms with van der Waals surface area (Å²) in [4.78, 5) is 3.96. The van der Waals surface area contributed by atoms with Crippen molar-refractivity contribution in [3.63, 3.8) is 0 Å². The van der Waals surface area contributed by atoms with E-state index in [0.717, 1.165) is 17.1 Å². The molecule has 0 aliphatic heterocycles. The van der Waals surface area contributed by atoms with Gasteiger partial charge in [0.2, 0.25) is 5.28 Å². The van der Waals surface area contributed by atoms with Gasteiger partial charge in [0.05, 0.1) is 0 Å².